The van der Waals surface area contributed by atoms with Gasteiger partial charge in [-0.1, -0.05) is 12.1 Å². The second kappa shape index (κ2) is 6.19. The van der Waals surface area contributed by atoms with Gasteiger partial charge in [0.25, 0.3) is 0 Å². The van der Waals surface area contributed by atoms with Crippen molar-refractivity contribution in [3.05, 3.63) is 65.2 Å². The van der Waals surface area contributed by atoms with Gasteiger partial charge in [-0.25, -0.2) is 4.39 Å². The van der Waals surface area contributed by atoms with Crippen molar-refractivity contribution < 1.29 is 17.6 Å². The first-order chi connectivity index (χ1) is 9.91. The third kappa shape index (κ3) is 3.77. The Morgan fingerprint density at radius 3 is 2.48 bits per heavy atom. The van der Waals surface area contributed by atoms with Crippen molar-refractivity contribution in [2.24, 2.45) is 5.84 Å². The van der Waals surface area contributed by atoms with Gasteiger partial charge in [0, 0.05) is 18.3 Å². The number of hydrogen-bond acceptors (Lipinski definition) is 3. The molecule has 1 atom stereocenters. The van der Waals surface area contributed by atoms with Crippen LogP contribution in [-0.4, -0.2) is 4.98 Å². The SMILES string of the molecule is NNC(Cc1ccccn1)c1ccc(C(F)(F)F)c(F)c1. The molecule has 1 unspecified atom stereocenters. The van der Waals surface area contributed by atoms with Gasteiger partial charge in [0.15, 0.2) is 0 Å². The molecule has 2 aromatic rings. The summed E-state index contributed by atoms with van der Waals surface area (Å²) in [7, 11) is 0. The molecule has 3 N–H and O–H groups in total. The van der Waals surface area contributed by atoms with E-state index in [2.05, 4.69) is 10.4 Å². The molecule has 0 saturated heterocycles. The van der Waals surface area contributed by atoms with Gasteiger partial charge >= 0.3 is 6.18 Å². The molecule has 112 valence electrons. The van der Waals surface area contributed by atoms with Crippen LogP contribution >= 0.6 is 0 Å². The predicted octanol–water partition coefficient (Wildman–Crippen LogP) is 2.99. The van der Waals surface area contributed by atoms with Crippen molar-refractivity contribution in [1.82, 2.24) is 10.4 Å². The van der Waals surface area contributed by atoms with Gasteiger partial charge in [-0.3, -0.25) is 16.3 Å². The Kier molecular flexibility index (Phi) is 4.54. The zero-order chi connectivity index (χ0) is 15.5. The molecule has 0 aliphatic heterocycles. The highest BCUT2D eigenvalue weighted by molar-refractivity contribution is 5.29. The Hall–Kier alpha value is -1.99. The number of benzene rings is 1. The first-order valence-electron chi connectivity index (χ1n) is 6.14. The number of aromatic nitrogens is 1. The Balaban J connectivity index is 2.25. The van der Waals surface area contributed by atoms with Gasteiger partial charge in [0.05, 0.1) is 11.6 Å². The van der Waals surface area contributed by atoms with Gasteiger partial charge in [0.1, 0.15) is 5.82 Å². The molecule has 0 spiro atoms. The standard InChI is InChI=1S/C14H13F4N3/c15-12-7-9(4-5-11(12)14(16,17)18)13(21-19)8-10-3-1-2-6-20-10/h1-7,13,21H,8,19H2. The number of nitrogens with two attached hydrogens (primary N) is 1. The summed E-state index contributed by atoms with van der Waals surface area (Å²) in [6.07, 6.45) is -2.78. The molecule has 0 fully saturated rings. The van der Waals surface area contributed by atoms with Crippen LogP contribution < -0.4 is 11.3 Å². The number of halogens is 4. The molecule has 7 heteroatoms. The second-order valence-electron chi connectivity index (χ2n) is 4.48. The molecule has 2 rings (SSSR count). The summed E-state index contributed by atoms with van der Waals surface area (Å²) in [5, 5.41) is 0. The van der Waals surface area contributed by atoms with E-state index < -0.39 is 23.6 Å². The van der Waals surface area contributed by atoms with Crippen LogP contribution in [-0.2, 0) is 12.6 Å². The molecule has 1 aromatic heterocycles. The molecule has 0 radical (unpaired) electrons. The van der Waals surface area contributed by atoms with Gasteiger partial charge in [0.2, 0.25) is 0 Å². The third-order valence-electron chi connectivity index (χ3n) is 3.04. The Labute approximate surface area is 118 Å². The van der Waals surface area contributed by atoms with Gasteiger partial charge < -0.3 is 0 Å². The van der Waals surface area contributed by atoms with Crippen molar-refractivity contribution in [3.63, 3.8) is 0 Å². The van der Waals surface area contributed by atoms with Crippen LogP contribution in [0.5, 0.6) is 0 Å². The number of nitrogens with zero attached hydrogens (tertiary/aromatic N) is 1. The van der Waals surface area contributed by atoms with Gasteiger partial charge in [-0.2, -0.15) is 13.2 Å². The van der Waals surface area contributed by atoms with Crippen LogP contribution in [0.15, 0.2) is 42.6 Å². The Morgan fingerprint density at radius 1 is 1.19 bits per heavy atom. The first-order valence-corrected chi connectivity index (χ1v) is 6.14. The van der Waals surface area contributed by atoms with Crippen LogP contribution in [0, 0.1) is 5.82 Å². The highest BCUT2D eigenvalue weighted by atomic mass is 19.4. The van der Waals surface area contributed by atoms with E-state index >= 15 is 0 Å². The summed E-state index contributed by atoms with van der Waals surface area (Å²) in [4.78, 5) is 4.10. The average Bonchev–Trinajstić information content (AvgIpc) is 2.44. The summed E-state index contributed by atoms with van der Waals surface area (Å²) < 4.78 is 51.1. The van der Waals surface area contributed by atoms with Crippen LogP contribution in [0.3, 0.4) is 0 Å². The largest absolute Gasteiger partial charge is 0.419 e. The number of pyridine rings is 1. The molecular weight excluding hydrogens is 286 g/mol. The summed E-state index contributed by atoms with van der Waals surface area (Å²) in [6.45, 7) is 0. The lowest BCUT2D eigenvalue weighted by atomic mass is 10.0. The molecule has 21 heavy (non-hydrogen) atoms. The molecule has 3 nitrogen and oxygen atoms in total. The highest BCUT2D eigenvalue weighted by Gasteiger charge is 2.34. The molecule has 0 saturated carbocycles. The van der Waals surface area contributed by atoms with Gasteiger partial charge in [-0.15, -0.1) is 0 Å². The van der Waals surface area contributed by atoms with Crippen LogP contribution in [0.25, 0.3) is 0 Å². The van der Waals surface area contributed by atoms with Crippen LogP contribution in [0.4, 0.5) is 17.6 Å². The van der Waals surface area contributed by atoms with E-state index in [4.69, 9.17) is 5.84 Å². The van der Waals surface area contributed by atoms with E-state index in [-0.39, 0.29) is 0 Å². The summed E-state index contributed by atoms with van der Waals surface area (Å²) in [5.74, 6) is 4.09. The van der Waals surface area contributed by atoms with Crippen LogP contribution in [0.1, 0.15) is 22.9 Å². The summed E-state index contributed by atoms with van der Waals surface area (Å²) in [6, 6.07) is 7.51. The lowest BCUT2D eigenvalue weighted by Gasteiger charge is -2.17. The van der Waals surface area contributed by atoms with Crippen LogP contribution in [0.2, 0.25) is 0 Å². The Bertz CT molecular complexity index is 599. The Morgan fingerprint density at radius 2 is 1.95 bits per heavy atom. The highest BCUT2D eigenvalue weighted by Crippen LogP contribution is 2.32. The van der Waals surface area contributed by atoms with Crippen molar-refractivity contribution in [1.29, 1.82) is 0 Å². The maximum absolute atomic E-state index is 13.6. The minimum Gasteiger partial charge on any atom is -0.271 e. The maximum Gasteiger partial charge on any atom is 0.419 e. The molecule has 0 aliphatic carbocycles. The lowest BCUT2D eigenvalue weighted by molar-refractivity contribution is -0.140. The van der Waals surface area contributed by atoms with Crippen molar-refractivity contribution in [3.8, 4) is 0 Å². The molecule has 0 bridgehead atoms. The quantitative estimate of drug-likeness (QED) is 0.518. The van der Waals surface area contributed by atoms with E-state index in [9.17, 15) is 17.6 Å². The molecule has 0 amide bonds. The average molecular weight is 299 g/mol. The zero-order valence-corrected chi connectivity index (χ0v) is 10.9. The number of rotatable bonds is 4. The van der Waals surface area contributed by atoms with E-state index in [1.165, 1.54) is 6.07 Å². The van der Waals surface area contributed by atoms with Crippen molar-refractivity contribution in [2.45, 2.75) is 18.6 Å². The topological polar surface area (TPSA) is 50.9 Å². The zero-order valence-electron chi connectivity index (χ0n) is 10.9. The maximum atomic E-state index is 13.6. The second-order valence-corrected chi connectivity index (χ2v) is 4.48. The predicted molar refractivity (Wildman–Crippen MR) is 69.4 cm³/mol. The molecular formula is C14H13F4N3. The first kappa shape index (κ1) is 15.4. The van der Waals surface area contributed by atoms with Gasteiger partial charge in [-0.05, 0) is 29.8 Å². The molecule has 1 aromatic carbocycles. The fourth-order valence-corrected chi connectivity index (χ4v) is 1.98. The molecule has 0 aliphatic rings. The minimum atomic E-state index is -4.71. The number of hydrazine groups is 1. The lowest BCUT2D eigenvalue weighted by Crippen LogP contribution is -2.30. The van der Waals surface area contributed by atoms with E-state index in [1.807, 2.05) is 0 Å². The molecule has 1 heterocycles. The number of nitrogens with one attached hydrogen (secondary N) is 1. The minimum absolute atomic E-state index is 0.327. The fourth-order valence-electron chi connectivity index (χ4n) is 1.98. The van der Waals surface area contributed by atoms with E-state index in [1.54, 1.807) is 24.4 Å². The smallest absolute Gasteiger partial charge is 0.271 e. The number of alkyl halides is 3. The summed E-state index contributed by atoms with van der Waals surface area (Å²) in [5.41, 5.74) is 2.20. The summed E-state index contributed by atoms with van der Waals surface area (Å²) >= 11 is 0. The van der Waals surface area contributed by atoms with Crippen molar-refractivity contribution in [2.75, 3.05) is 0 Å². The number of hydrogen-bond donors (Lipinski definition) is 2. The third-order valence-corrected chi connectivity index (χ3v) is 3.04. The van der Waals surface area contributed by atoms with E-state index in [0.29, 0.717) is 23.7 Å². The normalized spacial score (nSPS) is 13.2. The fraction of sp³-hybridized carbons (Fsp3) is 0.214. The van der Waals surface area contributed by atoms with E-state index in [0.717, 1.165) is 6.07 Å². The monoisotopic (exact) mass is 299 g/mol. The van der Waals surface area contributed by atoms with Crippen molar-refractivity contribution >= 4 is 0 Å².